The van der Waals surface area contributed by atoms with E-state index in [0.717, 1.165) is 13.0 Å². The molecule has 0 spiro atoms. The molecule has 1 aromatic carbocycles. The first-order chi connectivity index (χ1) is 8.32. The molecule has 1 nitrogen and oxygen atoms in total. The molecule has 0 amide bonds. The van der Waals surface area contributed by atoms with Gasteiger partial charge in [-0.2, -0.15) is 13.2 Å². The average molecular weight is 266 g/mol. The molecule has 0 radical (unpaired) electrons. The van der Waals surface area contributed by atoms with Gasteiger partial charge < -0.3 is 0 Å². The summed E-state index contributed by atoms with van der Waals surface area (Å²) in [6.45, 7) is 9.12. The van der Waals surface area contributed by atoms with Gasteiger partial charge >= 0.3 is 6.18 Å². The summed E-state index contributed by atoms with van der Waals surface area (Å²) in [5.74, 6) is -1.90. The van der Waals surface area contributed by atoms with Crippen molar-refractivity contribution in [3.63, 3.8) is 0 Å². The Balaban J connectivity index is 0. The first-order valence-electron chi connectivity index (χ1n) is 5.70. The lowest BCUT2D eigenvalue weighted by Crippen LogP contribution is -2.09. The van der Waals surface area contributed by atoms with Crippen molar-refractivity contribution in [2.45, 2.75) is 40.8 Å². The quantitative estimate of drug-likeness (QED) is 0.510. The van der Waals surface area contributed by atoms with Crippen LogP contribution in [-0.4, -0.2) is 5.78 Å². The summed E-state index contributed by atoms with van der Waals surface area (Å²) in [4.78, 5) is 10.7. The SMILES string of the molecule is CC.CC.CC(=O)c1ccc(F)c(C(F)(F)F)c1. The fourth-order valence-electron chi connectivity index (χ4n) is 0.962. The number of halogens is 4. The molecule has 0 heterocycles. The van der Waals surface area contributed by atoms with Crippen LogP contribution in [-0.2, 0) is 6.18 Å². The summed E-state index contributed by atoms with van der Waals surface area (Å²) in [7, 11) is 0. The van der Waals surface area contributed by atoms with Gasteiger partial charge in [0.2, 0.25) is 0 Å². The van der Waals surface area contributed by atoms with Gasteiger partial charge in [-0.25, -0.2) is 4.39 Å². The van der Waals surface area contributed by atoms with E-state index in [9.17, 15) is 22.4 Å². The van der Waals surface area contributed by atoms with E-state index in [-0.39, 0.29) is 5.56 Å². The molecule has 0 fully saturated rings. The maximum Gasteiger partial charge on any atom is 0.419 e. The van der Waals surface area contributed by atoms with Gasteiger partial charge in [0, 0.05) is 5.56 Å². The van der Waals surface area contributed by atoms with E-state index in [1.54, 1.807) is 0 Å². The predicted octanol–water partition coefficient (Wildman–Crippen LogP) is 5.10. The highest BCUT2D eigenvalue weighted by atomic mass is 19.4. The number of carbonyl (C=O) groups is 1. The number of ketones is 1. The zero-order valence-corrected chi connectivity index (χ0v) is 11.2. The summed E-state index contributed by atoms with van der Waals surface area (Å²) >= 11 is 0. The Hall–Kier alpha value is -1.39. The Morgan fingerprint density at radius 3 is 1.83 bits per heavy atom. The summed E-state index contributed by atoms with van der Waals surface area (Å²) < 4.78 is 49.1. The predicted molar refractivity (Wildman–Crippen MR) is 64.1 cm³/mol. The van der Waals surface area contributed by atoms with Gasteiger partial charge in [-0.15, -0.1) is 0 Å². The maximum absolute atomic E-state index is 12.7. The molecule has 0 atom stereocenters. The molecule has 0 saturated carbocycles. The monoisotopic (exact) mass is 266 g/mol. The second kappa shape index (κ2) is 8.66. The van der Waals surface area contributed by atoms with Crippen molar-refractivity contribution in [1.82, 2.24) is 0 Å². The molecule has 0 N–H and O–H groups in total. The molecule has 0 aromatic heterocycles. The van der Waals surface area contributed by atoms with Crippen LogP contribution in [0.3, 0.4) is 0 Å². The van der Waals surface area contributed by atoms with Gasteiger partial charge in [0.15, 0.2) is 5.78 Å². The molecule has 5 heteroatoms. The van der Waals surface area contributed by atoms with E-state index in [1.165, 1.54) is 0 Å². The minimum absolute atomic E-state index is 0.154. The van der Waals surface area contributed by atoms with Crippen molar-refractivity contribution >= 4 is 5.78 Å². The van der Waals surface area contributed by atoms with Crippen molar-refractivity contribution in [2.75, 3.05) is 0 Å². The molecule has 0 unspecified atom stereocenters. The number of rotatable bonds is 1. The summed E-state index contributed by atoms with van der Waals surface area (Å²) in [6, 6.07) is 2.17. The molecule has 104 valence electrons. The van der Waals surface area contributed by atoms with Crippen LogP contribution in [0.4, 0.5) is 17.6 Å². The van der Waals surface area contributed by atoms with Crippen molar-refractivity contribution in [1.29, 1.82) is 0 Å². The Morgan fingerprint density at radius 1 is 1.06 bits per heavy atom. The fraction of sp³-hybridized carbons (Fsp3) is 0.462. The molecule has 0 aliphatic heterocycles. The van der Waals surface area contributed by atoms with Crippen LogP contribution in [0.2, 0.25) is 0 Å². The number of benzene rings is 1. The Labute approximate surface area is 105 Å². The first-order valence-corrected chi connectivity index (χ1v) is 5.70. The van der Waals surface area contributed by atoms with Crippen molar-refractivity contribution in [3.8, 4) is 0 Å². The van der Waals surface area contributed by atoms with Crippen LogP contribution >= 0.6 is 0 Å². The third kappa shape index (κ3) is 5.80. The van der Waals surface area contributed by atoms with Crippen LogP contribution in [0.5, 0.6) is 0 Å². The van der Waals surface area contributed by atoms with E-state index < -0.39 is 23.3 Å². The Kier molecular flexibility index (Phi) is 9.13. The first kappa shape index (κ1) is 19.0. The number of carbonyl (C=O) groups excluding carboxylic acids is 1. The molecule has 0 saturated heterocycles. The molecular formula is C13H18F4O. The standard InChI is InChI=1S/C9H6F4O.2C2H6/c1-5(14)6-2-3-8(10)7(4-6)9(11,12)13;2*1-2/h2-4H,1H3;2*1-2H3. The van der Waals surface area contributed by atoms with Crippen molar-refractivity contribution < 1.29 is 22.4 Å². The van der Waals surface area contributed by atoms with Gasteiger partial charge in [0.1, 0.15) is 5.82 Å². The zero-order valence-electron chi connectivity index (χ0n) is 11.2. The third-order valence-electron chi connectivity index (χ3n) is 1.68. The smallest absolute Gasteiger partial charge is 0.295 e. The van der Waals surface area contributed by atoms with Gasteiger partial charge in [0.25, 0.3) is 0 Å². The van der Waals surface area contributed by atoms with Gasteiger partial charge in [0.05, 0.1) is 5.56 Å². The van der Waals surface area contributed by atoms with Crippen LogP contribution in [0.1, 0.15) is 50.5 Å². The second-order valence-corrected chi connectivity index (χ2v) is 2.75. The lowest BCUT2D eigenvalue weighted by molar-refractivity contribution is -0.140. The number of alkyl halides is 3. The highest BCUT2D eigenvalue weighted by molar-refractivity contribution is 5.94. The van der Waals surface area contributed by atoms with E-state index >= 15 is 0 Å². The minimum atomic E-state index is -4.77. The van der Waals surface area contributed by atoms with Gasteiger partial charge in [-0.3, -0.25) is 4.79 Å². The lowest BCUT2D eigenvalue weighted by atomic mass is 10.1. The number of hydrogen-bond acceptors (Lipinski definition) is 1. The molecule has 0 bridgehead atoms. The van der Waals surface area contributed by atoms with E-state index in [1.807, 2.05) is 27.7 Å². The van der Waals surface area contributed by atoms with E-state index in [0.29, 0.717) is 12.1 Å². The maximum atomic E-state index is 12.7. The van der Waals surface area contributed by atoms with Crippen LogP contribution in [0.25, 0.3) is 0 Å². The number of hydrogen-bond donors (Lipinski definition) is 0. The summed E-state index contributed by atoms with van der Waals surface area (Å²) in [5.41, 5.74) is -1.57. The topological polar surface area (TPSA) is 17.1 Å². The van der Waals surface area contributed by atoms with Crippen LogP contribution in [0, 0.1) is 5.82 Å². The van der Waals surface area contributed by atoms with Crippen molar-refractivity contribution in [3.05, 3.63) is 35.1 Å². The Morgan fingerprint density at radius 2 is 1.50 bits per heavy atom. The molecule has 1 aromatic rings. The normalized spacial score (nSPS) is 9.61. The molecular weight excluding hydrogens is 248 g/mol. The lowest BCUT2D eigenvalue weighted by Gasteiger charge is -2.08. The van der Waals surface area contributed by atoms with Gasteiger partial charge in [-0.1, -0.05) is 27.7 Å². The summed E-state index contributed by atoms with van der Waals surface area (Å²) in [6.07, 6.45) is -4.77. The highest BCUT2D eigenvalue weighted by Crippen LogP contribution is 2.31. The highest BCUT2D eigenvalue weighted by Gasteiger charge is 2.34. The van der Waals surface area contributed by atoms with E-state index in [4.69, 9.17) is 0 Å². The summed E-state index contributed by atoms with van der Waals surface area (Å²) in [5, 5.41) is 0. The minimum Gasteiger partial charge on any atom is -0.295 e. The van der Waals surface area contributed by atoms with E-state index in [2.05, 4.69) is 0 Å². The molecule has 18 heavy (non-hydrogen) atoms. The molecule has 1 rings (SSSR count). The fourth-order valence-corrected chi connectivity index (χ4v) is 0.962. The third-order valence-corrected chi connectivity index (χ3v) is 1.68. The van der Waals surface area contributed by atoms with Crippen LogP contribution < -0.4 is 0 Å². The zero-order chi connectivity index (χ0) is 14.9. The second-order valence-electron chi connectivity index (χ2n) is 2.75. The van der Waals surface area contributed by atoms with Crippen molar-refractivity contribution in [2.24, 2.45) is 0 Å². The molecule has 0 aliphatic carbocycles. The number of Topliss-reactive ketones (excluding diaryl/α,β-unsaturated/α-hetero) is 1. The van der Waals surface area contributed by atoms with Crippen LogP contribution in [0.15, 0.2) is 18.2 Å². The average Bonchev–Trinajstić information content (AvgIpc) is 2.33. The Bertz CT molecular complexity index is 370. The van der Waals surface area contributed by atoms with Gasteiger partial charge in [-0.05, 0) is 25.1 Å². The molecule has 0 aliphatic rings. The largest absolute Gasteiger partial charge is 0.419 e.